The standard InChI is InChI=1S/C17H19FN2O3S2/c18-15-5-1-2-6-16(15)23-11-12-24-17-8-7-14(13-19-17)25(21,22)20-9-3-4-10-20/h1-2,5-8,13H,3-4,9-12H2. The summed E-state index contributed by atoms with van der Waals surface area (Å²) in [6, 6.07) is 9.53. The van der Waals surface area contributed by atoms with Crippen molar-refractivity contribution >= 4 is 21.8 Å². The number of ether oxygens (including phenoxy) is 1. The summed E-state index contributed by atoms with van der Waals surface area (Å²) in [5.41, 5.74) is 0. The molecule has 1 aliphatic heterocycles. The average molecular weight is 382 g/mol. The fraction of sp³-hybridized carbons (Fsp3) is 0.353. The molecule has 1 fully saturated rings. The van der Waals surface area contributed by atoms with Crippen molar-refractivity contribution in [2.24, 2.45) is 0 Å². The molecule has 5 nitrogen and oxygen atoms in total. The largest absolute Gasteiger partial charge is 0.490 e. The maximum atomic E-state index is 13.4. The molecule has 0 saturated carbocycles. The Morgan fingerprint density at radius 3 is 2.60 bits per heavy atom. The van der Waals surface area contributed by atoms with Gasteiger partial charge in [-0.2, -0.15) is 4.31 Å². The van der Waals surface area contributed by atoms with Gasteiger partial charge < -0.3 is 4.74 Å². The van der Waals surface area contributed by atoms with Crippen LogP contribution in [-0.2, 0) is 10.0 Å². The molecule has 3 rings (SSSR count). The third kappa shape index (κ3) is 4.50. The van der Waals surface area contributed by atoms with Crippen molar-refractivity contribution in [3.05, 3.63) is 48.4 Å². The first kappa shape index (κ1) is 18.2. The van der Waals surface area contributed by atoms with E-state index in [1.165, 1.54) is 28.3 Å². The van der Waals surface area contributed by atoms with Crippen LogP contribution in [0.15, 0.2) is 52.5 Å². The van der Waals surface area contributed by atoms with Crippen LogP contribution in [0.5, 0.6) is 5.75 Å². The number of thioether (sulfide) groups is 1. The summed E-state index contributed by atoms with van der Waals surface area (Å²) in [5.74, 6) is 0.421. The number of rotatable bonds is 7. The molecule has 0 aliphatic carbocycles. The zero-order valence-corrected chi connectivity index (χ0v) is 15.2. The third-order valence-electron chi connectivity index (χ3n) is 3.84. The summed E-state index contributed by atoms with van der Waals surface area (Å²) in [6.45, 7) is 1.49. The van der Waals surface area contributed by atoms with Crippen LogP contribution in [0.25, 0.3) is 0 Å². The summed E-state index contributed by atoms with van der Waals surface area (Å²) >= 11 is 1.43. The van der Waals surface area contributed by atoms with Gasteiger partial charge in [0, 0.05) is 25.0 Å². The molecule has 0 radical (unpaired) electrons. The van der Waals surface area contributed by atoms with Gasteiger partial charge in [0.2, 0.25) is 10.0 Å². The summed E-state index contributed by atoms with van der Waals surface area (Å²) < 4.78 is 45.1. The van der Waals surface area contributed by atoms with E-state index in [4.69, 9.17) is 4.74 Å². The van der Waals surface area contributed by atoms with Crippen molar-refractivity contribution in [2.75, 3.05) is 25.4 Å². The number of hydrogen-bond acceptors (Lipinski definition) is 5. The van der Waals surface area contributed by atoms with Gasteiger partial charge >= 0.3 is 0 Å². The molecule has 1 aliphatic rings. The normalized spacial score (nSPS) is 15.4. The molecule has 25 heavy (non-hydrogen) atoms. The minimum absolute atomic E-state index is 0.223. The van der Waals surface area contributed by atoms with Crippen molar-refractivity contribution in [2.45, 2.75) is 22.8 Å². The number of aromatic nitrogens is 1. The van der Waals surface area contributed by atoms with E-state index in [0.717, 1.165) is 12.8 Å². The first-order valence-electron chi connectivity index (χ1n) is 8.04. The second kappa shape index (κ2) is 8.16. The maximum Gasteiger partial charge on any atom is 0.244 e. The van der Waals surface area contributed by atoms with Crippen LogP contribution >= 0.6 is 11.8 Å². The minimum Gasteiger partial charge on any atom is -0.490 e. The highest BCUT2D eigenvalue weighted by atomic mass is 32.2. The van der Waals surface area contributed by atoms with Crippen molar-refractivity contribution in [3.8, 4) is 5.75 Å². The van der Waals surface area contributed by atoms with Crippen molar-refractivity contribution in [1.82, 2.24) is 9.29 Å². The van der Waals surface area contributed by atoms with Crippen LogP contribution in [0.1, 0.15) is 12.8 Å². The van der Waals surface area contributed by atoms with Gasteiger partial charge in [-0.15, -0.1) is 11.8 Å². The number of nitrogens with zero attached hydrogens (tertiary/aromatic N) is 2. The lowest BCUT2D eigenvalue weighted by atomic mass is 10.3. The average Bonchev–Trinajstić information content (AvgIpc) is 3.16. The Balaban J connectivity index is 1.52. The van der Waals surface area contributed by atoms with E-state index in [0.29, 0.717) is 30.5 Å². The van der Waals surface area contributed by atoms with E-state index >= 15 is 0 Å². The van der Waals surface area contributed by atoms with Gasteiger partial charge in [0.1, 0.15) is 4.90 Å². The predicted molar refractivity (Wildman–Crippen MR) is 94.8 cm³/mol. The molecule has 0 spiro atoms. The number of para-hydroxylation sites is 1. The number of pyridine rings is 1. The highest BCUT2D eigenvalue weighted by Gasteiger charge is 2.27. The van der Waals surface area contributed by atoms with Crippen LogP contribution in [0.2, 0.25) is 0 Å². The third-order valence-corrected chi connectivity index (χ3v) is 6.63. The van der Waals surface area contributed by atoms with Gasteiger partial charge in [0.05, 0.1) is 11.6 Å². The lowest BCUT2D eigenvalue weighted by molar-refractivity contribution is 0.325. The molecule has 1 aromatic heterocycles. The van der Waals surface area contributed by atoms with Gasteiger partial charge in [-0.25, -0.2) is 17.8 Å². The van der Waals surface area contributed by atoms with Gasteiger partial charge in [0.25, 0.3) is 0 Å². The smallest absolute Gasteiger partial charge is 0.244 e. The number of benzene rings is 1. The Bertz CT molecular complexity index is 807. The second-order valence-electron chi connectivity index (χ2n) is 5.57. The zero-order valence-electron chi connectivity index (χ0n) is 13.6. The van der Waals surface area contributed by atoms with E-state index in [1.54, 1.807) is 30.3 Å². The molecule has 0 amide bonds. The van der Waals surface area contributed by atoms with E-state index in [1.807, 2.05) is 0 Å². The Kier molecular flexibility index (Phi) is 5.93. The monoisotopic (exact) mass is 382 g/mol. The van der Waals surface area contributed by atoms with Crippen LogP contribution in [0.3, 0.4) is 0 Å². The molecule has 0 atom stereocenters. The van der Waals surface area contributed by atoms with Gasteiger partial charge in [-0.05, 0) is 37.1 Å². The molecule has 2 heterocycles. The Morgan fingerprint density at radius 2 is 1.92 bits per heavy atom. The molecule has 0 unspecified atom stereocenters. The summed E-state index contributed by atoms with van der Waals surface area (Å²) in [5, 5.41) is 0.706. The first-order chi connectivity index (χ1) is 12.1. The van der Waals surface area contributed by atoms with Gasteiger partial charge in [0.15, 0.2) is 11.6 Å². The molecular weight excluding hydrogens is 363 g/mol. The SMILES string of the molecule is O=S(=O)(c1ccc(SCCOc2ccccc2F)nc1)N1CCCC1. The summed E-state index contributed by atoms with van der Waals surface area (Å²) in [7, 11) is -3.43. The van der Waals surface area contributed by atoms with Crippen molar-refractivity contribution in [1.29, 1.82) is 0 Å². The first-order valence-corrected chi connectivity index (χ1v) is 10.5. The molecule has 2 aromatic rings. The fourth-order valence-electron chi connectivity index (χ4n) is 2.54. The minimum atomic E-state index is -3.43. The summed E-state index contributed by atoms with van der Waals surface area (Å²) in [4.78, 5) is 4.43. The molecule has 134 valence electrons. The number of sulfonamides is 1. The highest BCUT2D eigenvalue weighted by Crippen LogP contribution is 2.23. The summed E-state index contributed by atoms with van der Waals surface area (Å²) in [6.07, 6.45) is 3.21. The van der Waals surface area contributed by atoms with Gasteiger partial charge in [-0.1, -0.05) is 12.1 Å². The molecule has 0 N–H and O–H groups in total. The quantitative estimate of drug-likeness (QED) is 0.544. The van der Waals surface area contributed by atoms with Crippen LogP contribution in [0, 0.1) is 5.82 Å². The number of halogens is 1. The predicted octanol–water partition coefficient (Wildman–Crippen LogP) is 3.18. The molecule has 1 saturated heterocycles. The van der Waals surface area contributed by atoms with Crippen LogP contribution in [-0.4, -0.2) is 43.2 Å². The number of hydrogen-bond donors (Lipinski definition) is 0. The van der Waals surface area contributed by atoms with E-state index in [9.17, 15) is 12.8 Å². The molecule has 0 bridgehead atoms. The van der Waals surface area contributed by atoms with Crippen molar-refractivity contribution < 1.29 is 17.5 Å². The van der Waals surface area contributed by atoms with Crippen LogP contribution in [0.4, 0.5) is 4.39 Å². The maximum absolute atomic E-state index is 13.4. The lowest BCUT2D eigenvalue weighted by Crippen LogP contribution is -2.27. The molecular formula is C17H19FN2O3S2. The van der Waals surface area contributed by atoms with E-state index in [2.05, 4.69) is 4.98 Å². The fourth-order valence-corrected chi connectivity index (χ4v) is 4.67. The lowest BCUT2D eigenvalue weighted by Gasteiger charge is -2.15. The second-order valence-corrected chi connectivity index (χ2v) is 8.62. The molecule has 1 aromatic carbocycles. The van der Waals surface area contributed by atoms with E-state index < -0.39 is 10.0 Å². The Morgan fingerprint density at radius 1 is 1.16 bits per heavy atom. The zero-order chi connectivity index (χ0) is 17.7. The molecule has 8 heteroatoms. The Labute approximate surface area is 151 Å². The van der Waals surface area contributed by atoms with Crippen molar-refractivity contribution in [3.63, 3.8) is 0 Å². The van der Waals surface area contributed by atoms with Gasteiger partial charge in [-0.3, -0.25) is 0 Å². The highest BCUT2D eigenvalue weighted by molar-refractivity contribution is 7.99. The van der Waals surface area contributed by atoms with E-state index in [-0.39, 0.29) is 16.5 Å². The van der Waals surface area contributed by atoms with Crippen LogP contribution < -0.4 is 4.74 Å². The Hall–Kier alpha value is -1.64. The topological polar surface area (TPSA) is 59.5 Å².